The maximum Gasteiger partial charge on any atom is 0.263 e. The Kier molecular flexibility index (Phi) is 14.4. The summed E-state index contributed by atoms with van der Waals surface area (Å²) in [5.41, 5.74) is 8.87. The molecule has 45 heavy (non-hydrogen) atoms. The summed E-state index contributed by atoms with van der Waals surface area (Å²) in [4.78, 5) is 15.5. The number of likely N-dealkylation sites (tertiary alicyclic amines) is 1. The Bertz CT molecular complexity index is 1360. The van der Waals surface area contributed by atoms with Crippen LogP contribution >= 0.6 is 0 Å². The number of nitrogens with two attached hydrogens (primary N) is 2. The summed E-state index contributed by atoms with van der Waals surface area (Å²) in [7, 11) is 3.77. The standard InChI is InChI=1S/C31H43F2N7O3.CH3F/c1-19(2)38(5)36-16-21(4)26(34)18-40(35)28-15-22(8-7-20(28)3)31(42)37-27-14-23(30(32)33)13-24(29(27)43-6)17-39-11-9-25(41)10-12-39;1-2/h7-8,13-16,18-19,25,30,41H,4,9-12,17,34-35H2,1-3,5-6H3,(H,37,42);1H3/b26-18-,36-16-;. The number of rotatable bonds is 12. The van der Waals surface area contributed by atoms with E-state index in [2.05, 4.69) is 21.9 Å². The van der Waals surface area contributed by atoms with Gasteiger partial charge in [0.1, 0.15) is 5.75 Å². The molecule has 0 bridgehead atoms. The van der Waals surface area contributed by atoms with Gasteiger partial charge in [-0.3, -0.25) is 24.1 Å². The molecule has 3 rings (SSSR count). The summed E-state index contributed by atoms with van der Waals surface area (Å²) in [5, 5.41) is 19.9. The van der Waals surface area contributed by atoms with Gasteiger partial charge in [-0.15, -0.1) is 0 Å². The maximum atomic E-state index is 13.9. The molecule has 0 aromatic heterocycles. The number of carbonyl (C=O) groups is 1. The van der Waals surface area contributed by atoms with Crippen LogP contribution in [0.3, 0.4) is 0 Å². The molecular weight excluding hydrogens is 587 g/mol. The molecule has 2 aromatic carbocycles. The fourth-order valence-electron chi connectivity index (χ4n) is 4.50. The van der Waals surface area contributed by atoms with Gasteiger partial charge in [0.25, 0.3) is 12.3 Å². The van der Waals surface area contributed by atoms with Crippen LogP contribution < -0.4 is 26.6 Å². The van der Waals surface area contributed by atoms with Gasteiger partial charge in [-0.2, -0.15) is 5.10 Å². The van der Waals surface area contributed by atoms with Crippen molar-refractivity contribution in [3.05, 3.63) is 76.6 Å². The Morgan fingerprint density at radius 2 is 1.89 bits per heavy atom. The molecule has 0 spiro atoms. The summed E-state index contributed by atoms with van der Waals surface area (Å²) in [6.45, 7) is 11.4. The number of allylic oxidation sites excluding steroid dienone is 1. The lowest BCUT2D eigenvalue weighted by Gasteiger charge is -2.30. The molecule has 0 atom stereocenters. The van der Waals surface area contributed by atoms with Gasteiger partial charge < -0.3 is 20.9 Å². The second-order valence-electron chi connectivity index (χ2n) is 11.0. The van der Waals surface area contributed by atoms with Crippen LogP contribution in [0, 0.1) is 6.92 Å². The molecule has 0 saturated carbocycles. The molecule has 6 N–H and O–H groups in total. The number of aliphatic hydroxyl groups is 1. The minimum absolute atomic E-state index is 0.134. The molecule has 13 heteroatoms. The maximum absolute atomic E-state index is 13.9. The molecule has 1 saturated heterocycles. The molecule has 10 nitrogen and oxygen atoms in total. The predicted molar refractivity (Wildman–Crippen MR) is 174 cm³/mol. The van der Waals surface area contributed by atoms with E-state index in [1.165, 1.54) is 30.5 Å². The molecule has 0 aliphatic carbocycles. The zero-order valence-corrected chi connectivity index (χ0v) is 26.9. The van der Waals surface area contributed by atoms with Gasteiger partial charge in [-0.1, -0.05) is 12.6 Å². The van der Waals surface area contributed by atoms with Crippen LogP contribution in [0.2, 0.25) is 0 Å². The quantitative estimate of drug-likeness (QED) is 0.110. The molecule has 1 aliphatic rings. The smallest absolute Gasteiger partial charge is 0.263 e. The van der Waals surface area contributed by atoms with Crippen molar-refractivity contribution >= 4 is 23.5 Å². The Hall–Kier alpha value is -4.07. The third-order valence-corrected chi connectivity index (χ3v) is 7.39. The van der Waals surface area contributed by atoms with Crippen LogP contribution in [0.25, 0.3) is 0 Å². The Labute approximate surface area is 263 Å². The normalized spacial score (nSPS) is 14.4. The Morgan fingerprint density at radius 3 is 2.47 bits per heavy atom. The summed E-state index contributed by atoms with van der Waals surface area (Å²) in [5.74, 6) is 6.07. The third kappa shape index (κ3) is 10.5. The summed E-state index contributed by atoms with van der Waals surface area (Å²) in [6, 6.07) is 7.75. The second kappa shape index (κ2) is 17.4. The van der Waals surface area contributed by atoms with E-state index < -0.39 is 12.3 Å². The fraction of sp³-hybridized carbons (Fsp3) is 0.438. The number of halogens is 3. The minimum atomic E-state index is -2.75. The number of benzene rings is 2. The van der Waals surface area contributed by atoms with Gasteiger partial charge >= 0.3 is 0 Å². The first-order valence-electron chi connectivity index (χ1n) is 14.5. The molecular formula is C32H46F3N7O3. The first-order chi connectivity index (χ1) is 21.3. The number of carbonyl (C=O) groups excluding carboxylic acids is 1. The largest absolute Gasteiger partial charge is 0.494 e. The van der Waals surface area contributed by atoms with Crippen LogP contribution in [0.5, 0.6) is 5.75 Å². The highest BCUT2D eigenvalue weighted by atomic mass is 19.3. The van der Waals surface area contributed by atoms with Crippen molar-refractivity contribution in [1.82, 2.24) is 9.91 Å². The van der Waals surface area contributed by atoms with Gasteiger partial charge in [0.05, 0.1) is 43.7 Å². The zero-order valence-electron chi connectivity index (χ0n) is 26.9. The average molecular weight is 634 g/mol. The van der Waals surface area contributed by atoms with Gasteiger partial charge in [0, 0.05) is 61.2 Å². The van der Waals surface area contributed by atoms with E-state index in [1.807, 2.05) is 27.8 Å². The predicted octanol–water partition coefficient (Wildman–Crippen LogP) is 5.10. The van der Waals surface area contributed by atoms with E-state index in [0.717, 1.165) is 5.56 Å². The molecule has 0 unspecified atom stereocenters. The van der Waals surface area contributed by atoms with Crippen LogP contribution in [0.4, 0.5) is 24.5 Å². The topological polar surface area (TPSA) is 133 Å². The highest BCUT2D eigenvalue weighted by molar-refractivity contribution is 6.06. The molecule has 2 aromatic rings. The van der Waals surface area contributed by atoms with E-state index in [4.69, 9.17) is 16.3 Å². The van der Waals surface area contributed by atoms with Crippen molar-refractivity contribution in [2.45, 2.75) is 58.7 Å². The van der Waals surface area contributed by atoms with Crippen LogP contribution in [-0.2, 0) is 6.54 Å². The molecule has 1 fully saturated rings. The number of anilines is 2. The number of alkyl halides is 3. The first-order valence-corrected chi connectivity index (χ1v) is 14.5. The number of methoxy groups -OCH3 is 1. The Balaban J connectivity index is 0.00000345. The Morgan fingerprint density at radius 1 is 1.24 bits per heavy atom. The summed E-state index contributed by atoms with van der Waals surface area (Å²) < 4.78 is 42.8. The van der Waals surface area contributed by atoms with Gasteiger partial charge in [0.15, 0.2) is 0 Å². The number of hydrazone groups is 1. The van der Waals surface area contributed by atoms with Crippen molar-refractivity contribution in [2.75, 3.05) is 44.8 Å². The van der Waals surface area contributed by atoms with Crippen LogP contribution in [0.15, 0.2) is 59.5 Å². The van der Waals surface area contributed by atoms with Crippen molar-refractivity contribution in [1.29, 1.82) is 0 Å². The molecule has 1 aliphatic heterocycles. The SMILES string of the molecule is C=C(/C=N\N(C)C(C)C)/C(N)=C/N(N)c1cc(C(=O)Nc2cc(C(F)F)cc(CN3CCC(O)CC3)c2OC)ccc1C.CF. The second-order valence-corrected chi connectivity index (χ2v) is 11.0. The number of hydrazine groups is 1. The van der Waals surface area contributed by atoms with E-state index >= 15 is 0 Å². The van der Waals surface area contributed by atoms with Crippen molar-refractivity contribution in [3.63, 3.8) is 0 Å². The average Bonchev–Trinajstić information content (AvgIpc) is 3.01. The van der Waals surface area contributed by atoms with E-state index in [9.17, 15) is 23.1 Å². The van der Waals surface area contributed by atoms with Crippen molar-refractivity contribution in [2.24, 2.45) is 16.7 Å². The number of piperidine rings is 1. The van der Waals surface area contributed by atoms with E-state index in [0.29, 0.717) is 62.2 Å². The monoisotopic (exact) mass is 633 g/mol. The molecule has 0 radical (unpaired) electrons. The van der Waals surface area contributed by atoms with E-state index in [-0.39, 0.29) is 34.7 Å². The number of ether oxygens (including phenoxy) is 1. The van der Waals surface area contributed by atoms with Crippen molar-refractivity contribution < 1.29 is 27.8 Å². The van der Waals surface area contributed by atoms with Gasteiger partial charge in [0.2, 0.25) is 0 Å². The molecule has 1 amide bonds. The summed E-state index contributed by atoms with van der Waals surface area (Å²) >= 11 is 0. The number of amides is 1. The highest BCUT2D eigenvalue weighted by Crippen LogP contribution is 2.36. The molecule has 1 heterocycles. The number of aliphatic hydroxyl groups excluding tert-OH is 1. The zero-order chi connectivity index (χ0) is 33.8. The van der Waals surface area contributed by atoms with Gasteiger partial charge in [-0.25, -0.2) is 14.6 Å². The summed E-state index contributed by atoms with van der Waals surface area (Å²) in [6.07, 6.45) is 1.12. The lowest BCUT2D eigenvalue weighted by atomic mass is 10.0. The fourth-order valence-corrected chi connectivity index (χ4v) is 4.50. The van der Waals surface area contributed by atoms with Gasteiger partial charge in [-0.05, 0) is 63.4 Å². The minimum Gasteiger partial charge on any atom is -0.494 e. The first kappa shape index (κ1) is 37.1. The van der Waals surface area contributed by atoms with Crippen LogP contribution in [0.1, 0.15) is 60.2 Å². The number of hydrogen-bond acceptors (Lipinski definition) is 9. The number of aryl methyl sites for hydroxylation is 1. The van der Waals surface area contributed by atoms with E-state index in [1.54, 1.807) is 29.4 Å². The lowest BCUT2D eigenvalue weighted by Crippen LogP contribution is -2.35. The third-order valence-electron chi connectivity index (χ3n) is 7.39. The number of hydrogen-bond donors (Lipinski definition) is 4. The molecule has 248 valence electrons. The van der Waals surface area contributed by atoms with Crippen LogP contribution in [-0.4, -0.2) is 73.7 Å². The number of nitrogens with one attached hydrogen (secondary N) is 1. The highest BCUT2D eigenvalue weighted by Gasteiger charge is 2.23. The number of nitrogens with zero attached hydrogens (tertiary/aromatic N) is 4. The van der Waals surface area contributed by atoms with Crippen molar-refractivity contribution in [3.8, 4) is 5.75 Å². The lowest BCUT2D eigenvalue weighted by molar-refractivity contribution is 0.0788.